The highest BCUT2D eigenvalue weighted by Gasteiger charge is 2.34. The molecular formula is C7H12O7. The molecule has 3 unspecified atom stereocenters. The van der Waals surface area contributed by atoms with E-state index in [2.05, 4.69) is 4.74 Å². The number of esters is 1. The molecule has 0 aliphatic carbocycles. The lowest BCUT2D eigenvalue weighted by Crippen LogP contribution is -2.46. The van der Waals surface area contributed by atoms with Crippen LogP contribution in [0.5, 0.6) is 0 Å². The number of aliphatic hydroxyl groups excluding tert-OH is 4. The second-order valence-electron chi connectivity index (χ2n) is 2.54. The zero-order valence-electron chi connectivity index (χ0n) is 7.45. The number of methoxy groups -OCH3 is 1. The third-order valence-electron chi connectivity index (χ3n) is 1.56. The maximum absolute atomic E-state index is 10.9. The van der Waals surface area contributed by atoms with E-state index in [0.29, 0.717) is 0 Å². The number of aliphatic hydroxyl groups is 4. The van der Waals surface area contributed by atoms with Gasteiger partial charge in [0.05, 0.1) is 13.7 Å². The molecule has 82 valence electrons. The van der Waals surface area contributed by atoms with Gasteiger partial charge in [-0.15, -0.1) is 0 Å². The Bertz CT molecular complexity index is 214. The SMILES string of the molecule is COC(=O)C(=O)C(O)C(O)C(O)CO. The first kappa shape index (κ1) is 13.0. The molecule has 0 bridgehead atoms. The predicted molar refractivity (Wildman–Crippen MR) is 42.1 cm³/mol. The molecule has 0 aliphatic rings. The van der Waals surface area contributed by atoms with Crippen LogP contribution < -0.4 is 0 Å². The zero-order chi connectivity index (χ0) is 11.3. The summed E-state index contributed by atoms with van der Waals surface area (Å²) >= 11 is 0. The normalized spacial score (nSPS) is 16.9. The van der Waals surface area contributed by atoms with E-state index in [1.165, 1.54) is 0 Å². The molecule has 0 saturated heterocycles. The lowest BCUT2D eigenvalue weighted by molar-refractivity contribution is -0.161. The molecule has 0 aromatic carbocycles. The van der Waals surface area contributed by atoms with E-state index in [9.17, 15) is 9.59 Å². The average molecular weight is 208 g/mol. The molecule has 0 aromatic rings. The second-order valence-corrected chi connectivity index (χ2v) is 2.54. The van der Waals surface area contributed by atoms with Crippen LogP contribution in [0.25, 0.3) is 0 Å². The minimum Gasteiger partial charge on any atom is -0.463 e. The molecule has 0 aliphatic heterocycles. The Balaban J connectivity index is 4.38. The van der Waals surface area contributed by atoms with Crippen LogP contribution in [0, 0.1) is 0 Å². The van der Waals surface area contributed by atoms with E-state index in [-0.39, 0.29) is 0 Å². The molecule has 4 N–H and O–H groups in total. The van der Waals surface area contributed by atoms with Gasteiger partial charge in [0.15, 0.2) is 6.10 Å². The molecule has 14 heavy (non-hydrogen) atoms. The third kappa shape index (κ3) is 3.04. The van der Waals surface area contributed by atoms with Gasteiger partial charge in [-0.2, -0.15) is 0 Å². The summed E-state index contributed by atoms with van der Waals surface area (Å²) in [5.41, 5.74) is 0. The lowest BCUT2D eigenvalue weighted by atomic mass is 10.1. The van der Waals surface area contributed by atoms with Crippen molar-refractivity contribution in [1.82, 2.24) is 0 Å². The van der Waals surface area contributed by atoms with Gasteiger partial charge in [-0.05, 0) is 0 Å². The summed E-state index contributed by atoms with van der Waals surface area (Å²) in [6.45, 7) is -0.841. The highest BCUT2D eigenvalue weighted by molar-refractivity contribution is 6.35. The molecular weight excluding hydrogens is 196 g/mol. The number of Topliss-reactive ketones (excluding diaryl/α,β-unsaturated/α-hetero) is 1. The molecule has 0 rings (SSSR count). The summed E-state index contributed by atoms with van der Waals surface area (Å²) in [5.74, 6) is -2.71. The van der Waals surface area contributed by atoms with Gasteiger partial charge in [0.2, 0.25) is 0 Å². The van der Waals surface area contributed by atoms with Gasteiger partial charge in [0, 0.05) is 0 Å². The summed E-state index contributed by atoms with van der Waals surface area (Å²) < 4.78 is 3.99. The van der Waals surface area contributed by atoms with E-state index in [1.54, 1.807) is 0 Å². The Morgan fingerprint density at radius 1 is 1.29 bits per heavy atom. The minimum atomic E-state index is -2.11. The fourth-order valence-corrected chi connectivity index (χ4v) is 0.695. The predicted octanol–water partition coefficient (Wildman–Crippen LogP) is -3.20. The summed E-state index contributed by atoms with van der Waals surface area (Å²) in [6, 6.07) is 0. The topological polar surface area (TPSA) is 124 Å². The molecule has 7 nitrogen and oxygen atoms in total. The van der Waals surface area contributed by atoms with Crippen LogP contribution in [-0.2, 0) is 14.3 Å². The summed E-state index contributed by atoms with van der Waals surface area (Å²) in [5, 5.41) is 35.2. The van der Waals surface area contributed by atoms with Crippen molar-refractivity contribution in [3.63, 3.8) is 0 Å². The lowest BCUT2D eigenvalue weighted by Gasteiger charge is -2.19. The van der Waals surface area contributed by atoms with Crippen molar-refractivity contribution in [2.45, 2.75) is 18.3 Å². The molecule has 0 amide bonds. The highest BCUT2D eigenvalue weighted by atomic mass is 16.5. The molecule has 0 fully saturated rings. The summed E-state index contributed by atoms with van der Waals surface area (Å²) in [7, 11) is 0.932. The van der Waals surface area contributed by atoms with Gasteiger partial charge in [-0.3, -0.25) is 4.79 Å². The van der Waals surface area contributed by atoms with Crippen LogP contribution in [0.4, 0.5) is 0 Å². The van der Waals surface area contributed by atoms with Gasteiger partial charge >= 0.3 is 5.97 Å². The maximum atomic E-state index is 10.9. The summed E-state index contributed by atoms with van der Waals surface area (Å²) in [4.78, 5) is 21.4. The number of ether oxygens (including phenoxy) is 1. The van der Waals surface area contributed by atoms with Gasteiger partial charge < -0.3 is 25.2 Å². The Morgan fingerprint density at radius 2 is 1.79 bits per heavy atom. The Hall–Kier alpha value is -1.02. The smallest absolute Gasteiger partial charge is 0.377 e. The van der Waals surface area contributed by atoms with Crippen LogP contribution in [0.2, 0.25) is 0 Å². The third-order valence-corrected chi connectivity index (χ3v) is 1.56. The van der Waals surface area contributed by atoms with Crippen molar-refractivity contribution in [3.8, 4) is 0 Å². The number of ketones is 1. The van der Waals surface area contributed by atoms with Crippen LogP contribution in [0.3, 0.4) is 0 Å². The van der Waals surface area contributed by atoms with Gasteiger partial charge in [0.1, 0.15) is 12.2 Å². The van der Waals surface area contributed by atoms with Crippen molar-refractivity contribution in [2.24, 2.45) is 0 Å². The van der Waals surface area contributed by atoms with Crippen molar-refractivity contribution in [2.75, 3.05) is 13.7 Å². The standard InChI is InChI=1S/C7H12O7/c1-14-7(13)6(12)5(11)4(10)3(9)2-8/h3-5,8-11H,2H2,1H3. The second kappa shape index (κ2) is 5.66. The van der Waals surface area contributed by atoms with E-state index in [4.69, 9.17) is 20.4 Å². The van der Waals surface area contributed by atoms with Crippen molar-refractivity contribution < 1.29 is 34.8 Å². The molecule has 0 saturated carbocycles. The molecule has 0 heterocycles. The number of hydrogen-bond donors (Lipinski definition) is 4. The van der Waals surface area contributed by atoms with Crippen LogP contribution >= 0.6 is 0 Å². The van der Waals surface area contributed by atoms with E-state index in [0.717, 1.165) is 7.11 Å². The fourth-order valence-electron chi connectivity index (χ4n) is 0.695. The first-order valence-corrected chi connectivity index (χ1v) is 3.73. The van der Waals surface area contributed by atoms with Gasteiger partial charge in [0.25, 0.3) is 5.78 Å². The fraction of sp³-hybridized carbons (Fsp3) is 0.714. The highest BCUT2D eigenvalue weighted by Crippen LogP contribution is 2.02. The molecule has 0 radical (unpaired) electrons. The van der Waals surface area contributed by atoms with Crippen LogP contribution in [0.15, 0.2) is 0 Å². The van der Waals surface area contributed by atoms with Crippen molar-refractivity contribution in [3.05, 3.63) is 0 Å². The molecule has 3 atom stereocenters. The Labute approximate surface area is 79.5 Å². The van der Waals surface area contributed by atoms with Crippen LogP contribution in [0.1, 0.15) is 0 Å². The number of carbonyl (C=O) groups is 2. The van der Waals surface area contributed by atoms with Crippen molar-refractivity contribution in [1.29, 1.82) is 0 Å². The maximum Gasteiger partial charge on any atom is 0.377 e. The van der Waals surface area contributed by atoms with Crippen molar-refractivity contribution >= 4 is 11.8 Å². The summed E-state index contributed by atoms with van der Waals surface area (Å²) in [6.07, 6.45) is -5.73. The molecule has 0 aromatic heterocycles. The molecule has 7 heteroatoms. The first-order valence-electron chi connectivity index (χ1n) is 3.73. The number of rotatable bonds is 5. The Morgan fingerprint density at radius 3 is 2.14 bits per heavy atom. The molecule has 0 spiro atoms. The zero-order valence-corrected chi connectivity index (χ0v) is 7.45. The largest absolute Gasteiger partial charge is 0.463 e. The van der Waals surface area contributed by atoms with Crippen LogP contribution in [-0.4, -0.2) is 64.2 Å². The number of hydrogen-bond acceptors (Lipinski definition) is 7. The van der Waals surface area contributed by atoms with E-state index < -0.39 is 36.7 Å². The quantitative estimate of drug-likeness (QED) is 0.277. The van der Waals surface area contributed by atoms with Gasteiger partial charge in [-0.1, -0.05) is 0 Å². The van der Waals surface area contributed by atoms with E-state index in [1.807, 2.05) is 0 Å². The van der Waals surface area contributed by atoms with Gasteiger partial charge in [-0.25, -0.2) is 4.79 Å². The first-order chi connectivity index (χ1) is 6.45. The monoisotopic (exact) mass is 208 g/mol. The average Bonchev–Trinajstić information content (AvgIpc) is 2.23. The minimum absolute atomic E-state index is 0.841. The van der Waals surface area contributed by atoms with E-state index >= 15 is 0 Å². The Kier molecular flexibility index (Phi) is 5.24. The number of carbonyl (C=O) groups excluding carboxylic acids is 2.